The van der Waals surface area contributed by atoms with Gasteiger partial charge in [-0.05, 0) is 53.9 Å². The van der Waals surface area contributed by atoms with Gasteiger partial charge in [-0.15, -0.1) is 0 Å². The first-order valence-corrected chi connectivity index (χ1v) is 13.7. The monoisotopic (exact) mass is 530 g/mol. The van der Waals surface area contributed by atoms with Crippen LogP contribution in [-0.4, -0.2) is 37.7 Å². The van der Waals surface area contributed by atoms with Crippen LogP contribution in [0.25, 0.3) is 0 Å². The first-order valence-electron chi connectivity index (χ1n) is 12.6. The van der Waals surface area contributed by atoms with Gasteiger partial charge in [-0.1, -0.05) is 33.1 Å². The number of ether oxygens (including phenoxy) is 3. The molecule has 0 aliphatic carbocycles. The number of rotatable bonds is 19. The van der Waals surface area contributed by atoms with E-state index in [9.17, 15) is 14.4 Å². The lowest BCUT2D eigenvalue weighted by atomic mass is 10.0. The largest absolute Gasteiger partial charge is 0.528 e. The number of hydrogen-bond donors (Lipinski definition) is 0. The highest BCUT2D eigenvalue weighted by molar-refractivity contribution is 7.42. The summed E-state index contributed by atoms with van der Waals surface area (Å²) in [7, 11) is -2.17. The fourth-order valence-electron chi connectivity index (χ4n) is 2.70. The summed E-state index contributed by atoms with van der Waals surface area (Å²) < 4.78 is 32.7. The van der Waals surface area contributed by atoms with Crippen molar-refractivity contribution in [2.75, 3.05) is 19.8 Å². The Labute approximate surface area is 217 Å². The molecule has 0 aromatic heterocycles. The molecule has 9 nitrogen and oxygen atoms in total. The van der Waals surface area contributed by atoms with Gasteiger partial charge in [0.25, 0.3) is 0 Å². The highest BCUT2D eigenvalue weighted by Gasteiger charge is 2.25. The normalized spacial score (nSPS) is 12.6. The van der Waals surface area contributed by atoms with Crippen molar-refractivity contribution in [2.24, 2.45) is 0 Å². The summed E-state index contributed by atoms with van der Waals surface area (Å²) in [5, 5.41) is 0. The van der Waals surface area contributed by atoms with Crippen LogP contribution >= 0.6 is 8.60 Å². The van der Waals surface area contributed by atoms with Crippen molar-refractivity contribution in [1.29, 1.82) is 0 Å². The molecule has 0 bridgehead atoms. The predicted molar refractivity (Wildman–Crippen MR) is 138 cm³/mol. The first kappa shape index (κ1) is 33.5. The van der Waals surface area contributed by atoms with Gasteiger partial charge >= 0.3 is 26.5 Å². The molecule has 0 unspecified atom stereocenters. The number of unbranched alkanes of at least 4 members (excludes halogenated alkanes) is 3. The van der Waals surface area contributed by atoms with Crippen LogP contribution in [0.4, 0.5) is 0 Å². The van der Waals surface area contributed by atoms with Crippen LogP contribution in [0.5, 0.6) is 0 Å². The number of hydrogen-bond acceptors (Lipinski definition) is 9. The number of allylic oxidation sites excluding steroid dienone is 1. The lowest BCUT2D eigenvalue weighted by molar-refractivity contribution is -0.139. The third kappa shape index (κ3) is 14.1. The molecule has 0 N–H and O–H groups in total. The molecule has 36 heavy (non-hydrogen) atoms. The Hall–Kier alpha value is -2.54. The minimum atomic E-state index is -2.17. The molecule has 0 fully saturated rings. The lowest BCUT2D eigenvalue weighted by Gasteiger charge is -2.20. The van der Waals surface area contributed by atoms with Crippen molar-refractivity contribution in [1.82, 2.24) is 0 Å². The molecule has 0 aliphatic rings. The second kappa shape index (κ2) is 20.6. The van der Waals surface area contributed by atoms with E-state index in [0.29, 0.717) is 24.2 Å². The van der Waals surface area contributed by atoms with E-state index in [-0.39, 0.29) is 31.0 Å². The number of carbonyl (C=O) groups is 3. The summed E-state index contributed by atoms with van der Waals surface area (Å²) >= 11 is 0. The Morgan fingerprint density at radius 3 is 1.56 bits per heavy atom. The van der Waals surface area contributed by atoms with Crippen LogP contribution in [0.1, 0.15) is 93.4 Å². The SMILES string of the molecule is CCCCC/C(C(=O)OCC)=C(\CCCC)OP(O/C=C(\C)C(=O)OCC)O/C=C(\C)C(=O)OCC. The quantitative estimate of drug-likeness (QED) is 0.0446. The van der Waals surface area contributed by atoms with Crippen molar-refractivity contribution in [3.05, 3.63) is 35.0 Å². The van der Waals surface area contributed by atoms with Crippen LogP contribution in [0.3, 0.4) is 0 Å². The van der Waals surface area contributed by atoms with E-state index in [2.05, 4.69) is 6.92 Å². The maximum atomic E-state index is 12.8. The second-order valence-electron chi connectivity index (χ2n) is 7.75. The van der Waals surface area contributed by atoms with Gasteiger partial charge in [0.1, 0.15) is 18.3 Å². The van der Waals surface area contributed by atoms with Gasteiger partial charge in [0, 0.05) is 6.42 Å². The van der Waals surface area contributed by atoms with Gasteiger partial charge in [-0.2, -0.15) is 0 Å². The highest BCUT2D eigenvalue weighted by atomic mass is 31.2. The molecule has 0 aromatic carbocycles. The highest BCUT2D eigenvalue weighted by Crippen LogP contribution is 2.45. The number of esters is 3. The lowest BCUT2D eigenvalue weighted by Crippen LogP contribution is -2.12. The van der Waals surface area contributed by atoms with E-state index >= 15 is 0 Å². The van der Waals surface area contributed by atoms with E-state index < -0.39 is 26.5 Å². The van der Waals surface area contributed by atoms with Crippen molar-refractivity contribution in [3.63, 3.8) is 0 Å². The van der Waals surface area contributed by atoms with Gasteiger partial charge in [0.15, 0.2) is 0 Å². The van der Waals surface area contributed by atoms with Gasteiger partial charge in [-0.25, -0.2) is 14.4 Å². The topological polar surface area (TPSA) is 107 Å². The molecule has 10 heteroatoms. The Morgan fingerprint density at radius 2 is 1.11 bits per heavy atom. The Kier molecular flexibility index (Phi) is 19.2. The molecule has 0 spiro atoms. The third-order valence-electron chi connectivity index (χ3n) is 4.66. The zero-order valence-corrected chi connectivity index (χ0v) is 23.7. The zero-order valence-electron chi connectivity index (χ0n) is 22.8. The van der Waals surface area contributed by atoms with Crippen LogP contribution in [0.2, 0.25) is 0 Å². The molecule has 206 valence electrons. The van der Waals surface area contributed by atoms with Crippen molar-refractivity contribution < 1.29 is 42.2 Å². The third-order valence-corrected chi connectivity index (χ3v) is 5.58. The minimum Gasteiger partial charge on any atom is -0.463 e. The van der Waals surface area contributed by atoms with Gasteiger partial charge < -0.3 is 27.8 Å². The van der Waals surface area contributed by atoms with Crippen molar-refractivity contribution >= 4 is 26.5 Å². The summed E-state index contributed by atoms with van der Waals surface area (Å²) in [5.74, 6) is -1.11. The fraction of sp³-hybridized carbons (Fsp3) is 0.654. The number of carbonyl (C=O) groups excluding carboxylic acids is 3. The molecular weight excluding hydrogens is 487 g/mol. The smallest absolute Gasteiger partial charge is 0.463 e. The van der Waals surface area contributed by atoms with Gasteiger partial charge in [0.05, 0.1) is 36.5 Å². The average Bonchev–Trinajstić information content (AvgIpc) is 2.85. The van der Waals surface area contributed by atoms with Crippen molar-refractivity contribution in [2.45, 2.75) is 93.4 Å². The predicted octanol–water partition coefficient (Wildman–Crippen LogP) is 6.78. The van der Waals surface area contributed by atoms with E-state index in [0.717, 1.165) is 32.1 Å². The average molecular weight is 531 g/mol. The molecule has 0 rings (SSSR count). The van der Waals surface area contributed by atoms with Crippen LogP contribution < -0.4 is 0 Å². The summed E-state index contributed by atoms with van der Waals surface area (Å²) in [6.45, 7) is 13.0. The summed E-state index contributed by atoms with van der Waals surface area (Å²) in [6, 6.07) is 0. The molecule has 0 saturated heterocycles. The first-order chi connectivity index (χ1) is 17.2. The Bertz CT molecular complexity index is 735. The molecule has 0 aromatic rings. The Balaban J connectivity index is 6.16. The maximum Gasteiger partial charge on any atom is 0.528 e. The molecular formula is C26H43O9P. The standard InChI is InChI=1S/C26H43O9P/c1-8-13-15-16-22(26(29)32-12-5)23(17-14-9-2)35-36(33-18-20(6)24(27)30-10-3)34-19-21(7)25(28)31-11-4/h18-19H,8-17H2,1-7H3/b20-18+,21-19+,23-22-. The second-order valence-corrected chi connectivity index (χ2v) is 8.80. The van der Waals surface area contributed by atoms with Crippen LogP contribution in [-0.2, 0) is 42.2 Å². The Morgan fingerprint density at radius 1 is 0.639 bits per heavy atom. The van der Waals surface area contributed by atoms with Crippen LogP contribution in [0.15, 0.2) is 35.0 Å². The maximum absolute atomic E-state index is 12.8. The van der Waals surface area contributed by atoms with Gasteiger partial charge in [0.2, 0.25) is 0 Å². The molecule has 0 aliphatic heterocycles. The van der Waals surface area contributed by atoms with Crippen molar-refractivity contribution in [3.8, 4) is 0 Å². The zero-order chi connectivity index (χ0) is 27.3. The molecule has 0 saturated carbocycles. The molecule has 0 atom stereocenters. The van der Waals surface area contributed by atoms with E-state index in [4.69, 9.17) is 27.8 Å². The summed E-state index contributed by atoms with van der Waals surface area (Å²) in [6.07, 6.45) is 7.74. The van der Waals surface area contributed by atoms with E-state index in [1.165, 1.54) is 26.4 Å². The van der Waals surface area contributed by atoms with E-state index in [1.807, 2.05) is 6.92 Å². The molecule has 0 radical (unpaired) electrons. The van der Waals surface area contributed by atoms with Crippen LogP contribution in [0, 0.1) is 0 Å². The van der Waals surface area contributed by atoms with Gasteiger partial charge in [-0.3, -0.25) is 0 Å². The van der Waals surface area contributed by atoms with E-state index in [1.54, 1.807) is 20.8 Å². The fourth-order valence-corrected chi connectivity index (χ4v) is 3.71. The molecule has 0 amide bonds. The summed E-state index contributed by atoms with van der Waals surface area (Å²) in [5.41, 5.74) is 0.848. The molecule has 0 heterocycles. The summed E-state index contributed by atoms with van der Waals surface area (Å²) in [4.78, 5) is 36.7. The minimum absolute atomic E-state index is 0.204.